The van der Waals surface area contributed by atoms with Crippen molar-refractivity contribution in [3.8, 4) is 5.75 Å². The smallest absolute Gasteiger partial charge is 0.153 e. The lowest BCUT2D eigenvalue weighted by Crippen LogP contribution is -2.25. The second-order valence-electron chi connectivity index (χ2n) is 5.72. The van der Waals surface area contributed by atoms with E-state index < -0.39 is 5.41 Å². The van der Waals surface area contributed by atoms with E-state index in [9.17, 15) is 9.90 Å². The molecular weight excluding hydrogens is 284 g/mol. The number of hydrogen-bond acceptors (Lipinski definition) is 2. The van der Waals surface area contributed by atoms with Gasteiger partial charge in [-0.1, -0.05) is 72.8 Å². The van der Waals surface area contributed by atoms with E-state index in [4.69, 9.17) is 0 Å². The van der Waals surface area contributed by atoms with E-state index in [2.05, 4.69) is 6.92 Å². The van der Waals surface area contributed by atoms with Gasteiger partial charge < -0.3 is 5.11 Å². The van der Waals surface area contributed by atoms with Crippen LogP contribution in [0.15, 0.2) is 78.9 Å². The fourth-order valence-corrected chi connectivity index (χ4v) is 3.08. The maximum absolute atomic E-state index is 11.2. The van der Waals surface area contributed by atoms with Gasteiger partial charge >= 0.3 is 0 Å². The van der Waals surface area contributed by atoms with Crippen LogP contribution in [0.5, 0.6) is 5.75 Å². The Morgan fingerprint density at radius 1 is 0.783 bits per heavy atom. The standard InChI is InChI=1S/C21H18O2/c1-21(17-10-4-2-5-11-17,18-12-6-3-7-13-18)19-14-8-9-16(15-22)20(19)23/h2-15,23H,1H3. The van der Waals surface area contributed by atoms with E-state index in [1.54, 1.807) is 6.07 Å². The second kappa shape index (κ2) is 6.09. The van der Waals surface area contributed by atoms with Gasteiger partial charge in [-0.05, 0) is 24.1 Å². The lowest BCUT2D eigenvalue weighted by molar-refractivity contribution is 0.112. The summed E-state index contributed by atoms with van der Waals surface area (Å²) >= 11 is 0. The third-order valence-electron chi connectivity index (χ3n) is 4.44. The van der Waals surface area contributed by atoms with Crippen molar-refractivity contribution < 1.29 is 9.90 Å². The largest absolute Gasteiger partial charge is 0.507 e. The SMILES string of the molecule is CC(c1ccccc1)(c1ccccc1)c1cccc(C=O)c1O. The molecule has 3 aromatic carbocycles. The van der Waals surface area contributed by atoms with Crippen molar-refractivity contribution in [3.63, 3.8) is 0 Å². The van der Waals surface area contributed by atoms with Crippen molar-refractivity contribution in [2.24, 2.45) is 0 Å². The van der Waals surface area contributed by atoms with Crippen LogP contribution in [0.1, 0.15) is 34.0 Å². The van der Waals surface area contributed by atoms with Crippen molar-refractivity contribution in [1.82, 2.24) is 0 Å². The Labute approximate surface area is 136 Å². The maximum Gasteiger partial charge on any atom is 0.153 e. The van der Waals surface area contributed by atoms with Gasteiger partial charge in [0.2, 0.25) is 0 Å². The Kier molecular flexibility index (Phi) is 3.98. The predicted octanol–water partition coefficient (Wildman–Crippen LogP) is 4.56. The Morgan fingerprint density at radius 2 is 1.30 bits per heavy atom. The fourth-order valence-electron chi connectivity index (χ4n) is 3.08. The highest BCUT2D eigenvalue weighted by Crippen LogP contribution is 2.43. The molecule has 0 aliphatic heterocycles. The number of aldehydes is 1. The maximum atomic E-state index is 11.2. The number of aromatic hydroxyl groups is 1. The van der Waals surface area contributed by atoms with E-state index >= 15 is 0 Å². The van der Waals surface area contributed by atoms with Crippen molar-refractivity contribution in [2.45, 2.75) is 12.3 Å². The van der Waals surface area contributed by atoms with Gasteiger partial charge in [-0.2, -0.15) is 0 Å². The van der Waals surface area contributed by atoms with Crippen LogP contribution >= 0.6 is 0 Å². The minimum atomic E-state index is -0.550. The second-order valence-corrected chi connectivity index (χ2v) is 5.72. The summed E-state index contributed by atoms with van der Waals surface area (Å²) in [6.45, 7) is 2.07. The van der Waals surface area contributed by atoms with E-state index in [1.165, 1.54) is 0 Å². The minimum Gasteiger partial charge on any atom is -0.507 e. The topological polar surface area (TPSA) is 37.3 Å². The average molecular weight is 302 g/mol. The third-order valence-corrected chi connectivity index (χ3v) is 4.44. The van der Waals surface area contributed by atoms with Gasteiger partial charge in [0.05, 0.1) is 5.56 Å². The van der Waals surface area contributed by atoms with Gasteiger partial charge in [0.1, 0.15) is 5.75 Å². The molecule has 2 heteroatoms. The summed E-state index contributed by atoms with van der Waals surface area (Å²) in [5, 5.41) is 10.6. The Hall–Kier alpha value is -2.87. The lowest BCUT2D eigenvalue weighted by atomic mass is 9.70. The van der Waals surface area contributed by atoms with Crippen molar-refractivity contribution in [1.29, 1.82) is 0 Å². The number of benzene rings is 3. The molecule has 0 amide bonds. The molecule has 3 aromatic rings. The Morgan fingerprint density at radius 3 is 1.78 bits per heavy atom. The summed E-state index contributed by atoms with van der Waals surface area (Å²) in [5.74, 6) is 0.0395. The number of phenolic OH excluding ortho intramolecular Hbond substituents is 1. The van der Waals surface area contributed by atoms with Gasteiger partial charge in [0, 0.05) is 11.0 Å². The number of carbonyl (C=O) groups is 1. The Bertz CT molecular complexity index is 768. The van der Waals surface area contributed by atoms with Crippen LogP contribution in [0.3, 0.4) is 0 Å². The van der Waals surface area contributed by atoms with Crippen LogP contribution in [0.25, 0.3) is 0 Å². The first-order valence-electron chi connectivity index (χ1n) is 7.56. The lowest BCUT2D eigenvalue weighted by Gasteiger charge is -2.32. The molecular formula is C21H18O2. The number of para-hydroxylation sites is 1. The molecule has 1 N–H and O–H groups in total. The summed E-state index contributed by atoms with van der Waals surface area (Å²) in [6, 6.07) is 25.4. The normalized spacial score (nSPS) is 11.2. The van der Waals surface area contributed by atoms with Crippen molar-refractivity contribution in [3.05, 3.63) is 101 Å². The van der Waals surface area contributed by atoms with Crippen LogP contribution in [-0.2, 0) is 5.41 Å². The molecule has 0 atom stereocenters. The quantitative estimate of drug-likeness (QED) is 0.566. The molecule has 0 saturated carbocycles. The molecule has 2 nitrogen and oxygen atoms in total. The molecule has 0 saturated heterocycles. The fraction of sp³-hybridized carbons (Fsp3) is 0.0952. The predicted molar refractivity (Wildman–Crippen MR) is 91.9 cm³/mol. The van der Waals surface area contributed by atoms with Crippen molar-refractivity contribution in [2.75, 3.05) is 0 Å². The molecule has 0 aromatic heterocycles. The van der Waals surface area contributed by atoms with Gasteiger partial charge in [-0.25, -0.2) is 0 Å². The minimum absolute atomic E-state index is 0.0395. The van der Waals surface area contributed by atoms with Crippen LogP contribution in [0.2, 0.25) is 0 Å². The van der Waals surface area contributed by atoms with Crippen molar-refractivity contribution >= 4 is 6.29 Å². The summed E-state index contributed by atoms with van der Waals surface area (Å²) in [5.41, 5.74) is 2.60. The van der Waals surface area contributed by atoms with E-state index in [0.717, 1.165) is 16.7 Å². The van der Waals surface area contributed by atoms with Gasteiger partial charge in [-0.15, -0.1) is 0 Å². The number of hydrogen-bond donors (Lipinski definition) is 1. The number of rotatable bonds is 4. The molecule has 0 aliphatic carbocycles. The highest BCUT2D eigenvalue weighted by atomic mass is 16.3. The Balaban J connectivity index is 2.32. The monoisotopic (exact) mass is 302 g/mol. The molecule has 0 fully saturated rings. The first-order chi connectivity index (χ1) is 11.2. The third kappa shape index (κ3) is 2.53. The highest BCUT2D eigenvalue weighted by molar-refractivity contribution is 5.80. The zero-order valence-corrected chi connectivity index (χ0v) is 12.9. The zero-order valence-electron chi connectivity index (χ0n) is 12.9. The molecule has 0 aliphatic rings. The molecule has 0 unspecified atom stereocenters. The van der Waals surface area contributed by atoms with Crippen LogP contribution in [-0.4, -0.2) is 11.4 Å². The summed E-state index contributed by atoms with van der Waals surface area (Å²) in [7, 11) is 0. The number of phenols is 1. The molecule has 114 valence electrons. The van der Waals surface area contributed by atoms with Gasteiger partial charge in [0.25, 0.3) is 0 Å². The molecule has 3 rings (SSSR count). The first kappa shape index (κ1) is 15.0. The van der Waals surface area contributed by atoms with Gasteiger partial charge in [-0.3, -0.25) is 4.79 Å². The van der Waals surface area contributed by atoms with Crippen LogP contribution in [0, 0.1) is 0 Å². The summed E-state index contributed by atoms with van der Waals surface area (Å²) in [6.07, 6.45) is 0.690. The van der Waals surface area contributed by atoms with E-state index in [-0.39, 0.29) is 5.75 Å². The molecule has 0 radical (unpaired) electrons. The highest BCUT2D eigenvalue weighted by Gasteiger charge is 2.33. The van der Waals surface area contributed by atoms with E-state index in [0.29, 0.717) is 11.8 Å². The average Bonchev–Trinajstić information content (AvgIpc) is 2.63. The van der Waals surface area contributed by atoms with Crippen LogP contribution < -0.4 is 0 Å². The summed E-state index contributed by atoms with van der Waals surface area (Å²) in [4.78, 5) is 11.2. The van der Waals surface area contributed by atoms with E-state index in [1.807, 2.05) is 72.8 Å². The molecule has 0 spiro atoms. The number of carbonyl (C=O) groups excluding carboxylic acids is 1. The first-order valence-corrected chi connectivity index (χ1v) is 7.56. The molecule has 0 heterocycles. The van der Waals surface area contributed by atoms with Gasteiger partial charge in [0.15, 0.2) is 6.29 Å². The zero-order chi connectivity index (χ0) is 16.3. The molecule has 0 bridgehead atoms. The molecule has 23 heavy (non-hydrogen) atoms. The van der Waals surface area contributed by atoms with Crippen LogP contribution in [0.4, 0.5) is 0 Å². The summed E-state index contributed by atoms with van der Waals surface area (Å²) < 4.78 is 0.